The molecule has 0 saturated carbocycles. The Kier molecular flexibility index (Phi) is 8.12. The Bertz CT molecular complexity index is 2510. The van der Waals surface area contributed by atoms with Crippen LogP contribution in [-0.2, 0) is 16.2 Å². The van der Waals surface area contributed by atoms with Crippen molar-refractivity contribution >= 4 is 118 Å². The van der Waals surface area contributed by atoms with Crippen molar-refractivity contribution in [3.05, 3.63) is 95.1 Å². The number of hydrogen-bond acceptors (Lipinski definition) is 5. The zero-order valence-corrected chi connectivity index (χ0v) is 33.8. The van der Waals surface area contributed by atoms with Crippen LogP contribution in [0.4, 0.5) is 34.1 Å². The van der Waals surface area contributed by atoms with Crippen molar-refractivity contribution < 1.29 is 10.2 Å². The Hall–Kier alpha value is -4.48. The molecular formula is C45H44B4N2O2S. The van der Waals surface area contributed by atoms with Gasteiger partial charge in [0.2, 0.25) is 0 Å². The van der Waals surface area contributed by atoms with Crippen LogP contribution < -0.4 is 41.9 Å². The Morgan fingerprint density at radius 2 is 1.11 bits per heavy atom. The molecule has 0 atom stereocenters. The summed E-state index contributed by atoms with van der Waals surface area (Å²) in [5.41, 5.74) is 12.3. The summed E-state index contributed by atoms with van der Waals surface area (Å²) < 4.78 is 2.49. The lowest BCUT2D eigenvalue weighted by Crippen LogP contribution is -2.61. The molecule has 8 rings (SSSR count). The summed E-state index contributed by atoms with van der Waals surface area (Å²) in [6, 6.07) is 27.1. The highest BCUT2D eigenvalue weighted by molar-refractivity contribution is 7.33. The average molecular weight is 720 g/mol. The number of hydrogen-bond donors (Lipinski definition) is 2. The van der Waals surface area contributed by atoms with Gasteiger partial charge >= 0.3 is 0 Å². The second-order valence-corrected chi connectivity index (χ2v) is 19.3. The SMILES string of the molecule is [B]c1c([B])c(N2c3ccc(C(C)(C)C)cc3B3c4sc5ccc(C(C)(C)C)cc5c4N(c4ccc(C(C)(C)C)cc4)c4cc(C)cc2c43)c([B])c(O)c1O. The van der Waals surface area contributed by atoms with Gasteiger partial charge in [0.1, 0.15) is 29.3 Å². The van der Waals surface area contributed by atoms with Crippen LogP contribution in [0.1, 0.15) is 84.6 Å². The number of anilines is 6. The fourth-order valence-corrected chi connectivity index (χ4v) is 9.48. The summed E-state index contributed by atoms with van der Waals surface area (Å²) in [6.07, 6.45) is 0. The third-order valence-corrected chi connectivity index (χ3v) is 12.5. The molecule has 2 N–H and O–H groups in total. The van der Waals surface area contributed by atoms with Gasteiger partial charge in [0.25, 0.3) is 6.71 Å². The molecule has 1 aromatic heterocycles. The number of aromatic hydroxyl groups is 2. The Morgan fingerprint density at radius 1 is 0.574 bits per heavy atom. The number of phenolic OH excluding ortho intramolecular Hbond substituents is 2. The number of fused-ring (bicyclic) bond motifs is 6. The third kappa shape index (κ3) is 5.44. The lowest BCUT2D eigenvalue weighted by molar-refractivity contribution is 0.410. The van der Waals surface area contributed by atoms with Crippen molar-refractivity contribution in [1.82, 2.24) is 0 Å². The van der Waals surface area contributed by atoms with E-state index in [1.54, 1.807) is 0 Å². The van der Waals surface area contributed by atoms with Gasteiger partial charge in [-0.05, 0) is 104 Å². The summed E-state index contributed by atoms with van der Waals surface area (Å²) in [6.45, 7) is 22.2. The molecule has 0 saturated heterocycles. The molecule has 0 aliphatic carbocycles. The van der Waals surface area contributed by atoms with E-state index in [1.165, 1.54) is 37.2 Å². The molecule has 0 unspecified atom stereocenters. The van der Waals surface area contributed by atoms with Crippen molar-refractivity contribution in [2.75, 3.05) is 9.80 Å². The fourth-order valence-electron chi connectivity index (χ4n) is 8.18. The number of rotatable bonds is 2. The van der Waals surface area contributed by atoms with Crippen molar-refractivity contribution in [2.45, 2.75) is 85.5 Å². The van der Waals surface area contributed by atoms with E-state index in [9.17, 15) is 10.2 Å². The predicted molar refractivity (Wildman–Crippen MR) is 236 cm³/mol. The van der Waals surface area contributed by atoms with Crippen molar-refractivity contribution in [1.29, 1.82) is 0 Å². The summed E-state index contributed by atoms with van der Waals surface area (Å²) in [4.78, 5) is 4.49. The normalized spacial score (nSPS) is 14.0. The van der Waals surface area contributed by atoms with Crippen molar-refractivity contribution in [2.24, 2.45) is 0 Å². The van der Waals surface area contributed by atoms with Crippen LogP contribution >= 0.6 is 11.3 Å². The van der Waals surface area contributed by atoms with Crippen LogP contribution in [0.25, 0.3) is 10.1 Å². The van der Waals surface area contributed by atoms with Crippen molar-refractivity contribution in [3.63, 3.8) is 0 Å². The Labute approximate surface area is 328 Å². The molecule has 4 nitrogen and oxygen atoms in total. The molecule has 0 amide bonds. The van der Waals surface area contributed by atoms with Gasteiger partial charge in [0.05, 0.1) is 5.69 Å². The first kappa shape index (κ1) is 36.5. The minimum atomic E-state index is -0.521. The van der Waals surface area contributed by atoms with Gasteiger partial charge in [-0.15, -0.1) is 11.3 Å². The molecule has 2 aliphatic rings. The summed E-state index contributed by atoms with van der Waals surface area (Å²) in [7, 11) is 19.8. The Balaban J connectivity index is 1.53. The number of benzene rings is 5. The largest absolute Gasteiger partial charge is 0.505 e. The van der Waals surface area contributed by atoms with E-state index in [4.69, 9.17) is 23.5 Å². The van der Waals surface area contributed by atoms with Gasteiger partial charge in [-0.1, -0.05) is 104 Å². The molecule has 3 heterocycles. The minimum absolute atomic E-state index is 0.00221. The van der Waals surface area contributed by atoms with Gasteiger partial charge in [0.15, 0.2) is 5.75 Å². The van der Waals surface area contributed by atoms with Crippen LogP contribution in [0.3, 0.4) is 0 Å². The van der Waals surface area contributed by atoms with E-state index in [0.717, 1.165) is 39.2 Å². The van der Waals surface area contributed by atoms with E-state index in [0.29, 0.717) is 5.69 Å². The highest BCUT2D eigenvalue weighted by atomic mass is 32.1. The summed E-state index contributed by atoms with van der Waals surface area (Å²) in [5, 5.41) is 23.0. The monoisotopic (exact) mass is 720 g/mol. The van der Waals surface area contributed by atoms with E-state index < -0.39 is 11.5 Å². The third-order valence-electron chi connectivity index (χ3n) is 11.3. The molecule has 5 aromatic carbocycles. The molecule has 6 aromatic rings. The Morgan fingerprint density at radius 3 is 1.72 bits per heavy atom. The molecule has 9 heteroatoms. The summed E-state index contributed by atoms with van der Waals surface area (Å²) >= 11 is 1.85. The van der Waals surface area contributed by atoms with Crippen LogP contribution in [-0.4, -0.2) is 40.5 Å². The zero-order valence-electron chi connectivity index (χ0n) is 32.9. The molecule has 264 valence electrons. The predicted octanol–water partition coefficient (Wildman–Crippen LogP) is 6.98. The topological polar surface area (TPSA) is 46.9 Å². The highest BCUT2D eigenvalue weighted by Gasteiger charge is 2.46. The smallest absolute Gasteiger partial charge is 0.264 e. The molecule has 2 aliphatic heterocycles. The highest BCUT2D eigenvalue weighted by Crippen LogP contribution is 2.49. The quantitative estimate of drug-likeness (QED) is 0.150. The lowest BCUT2D eigenvalue weighted by Gasteiger charge is -2.45. The standard InChI is InChI=1S/C45H44B4N2O2S/c1-23-19-31-37-32(20-23)51(39-34(46)35(47)40(52)41(53)36(39)48)30-17-13-26(45(8,9)10)22-29(30)49(37)42-38(28-21-25(44(5,6)7)14-18-33(28)54-42)50(31)27-15-11-24(12-16-27)43(2,3)4/h11-22,52-53H,1-10H3. The maximum atomic E-state index is 11.1. The first-order valence-electron chi connectivity index (χ1n) is 18.6. The lowest BCUT2D eigenvalue weighted by atomic mass is 9.36. The average Bonchev–Trinajstić information content (AvgIpc) is 3.48. The molecular weight excluding hydrogens is 676 g/mol. The first-order valence-corrected chi connectivity index (χ1v) is 19.4. The van der Waals surface area contributed by atoms with E-state index in [1.807, 2.05) is 16.2 Å². The van der Waals surface area contributed by atoms with Gasteiger partial charge < -0.3 is 20.0 Å². The van der Waals surface area contributed by atoms with Crippen LogP contribution in [0.2, 0.25) is 0 Å². The van der Waals surface area contributed by atoms with Crippen LogP contribution in [0, 0.1) is 6.92 Å². The van der Waals surface area contributed by atoms with Gasteiger partial charge in [-0.2, -0.15) is 0 Å². The number of phenols is 2. The molecule has 0 spiro atoms. The molecule has 0 fully saturated rings. The molecule has 54 heavy (non-hydrogen) atoms. The molecule has 6 radical (unpaired) electrons. The maximum Gasteiger partial charge on any atom is 0.264 e. The number of thiophene rings is 1. The van der Waals surface area contributed by atoms with Crippen LogP contribution in [0.15, 0.2) is 72.8 Å². The maximum absolute atomic E-state index is 11.1. The first-order chi connectivity index (χ1) is 25.2. The van der Waals surface area contributed by atoms with E-state index >= 15 is 0 Å². The second kappa shape index (κ2) is 12.0. The molecule has 0 bridgehead atoms. The van der Waals surface area contributed by atoms with Crippen molar-refractivity contribution in [3.8, 4) is 11.5 Å². The van der Waals surface area contributed by atoms with Gasteiger partial charge in [-0.3, -0.25) is 0 Å². The van der Waals surface area contributed by atoms with E-state index in [2.05, 4.69) is 147 Å². The van der Waals surface area contributed by atoms with Gasteiger partial charge in [-0.25, -0.2) is 0 Å². The van der Waals surface area contributed by atoms with Crippen LogP contribution in [0.5, 0.6) is 11.5 Å². The van der Waals surface area contributed by atoms with E-state index in [-0.39, 0.29) is 39.3 Å². The number of aryl methyl sites for hydroxylation is 1. The zero-order chi connectivity index (χ0) is 39.0. The van der Waals surface area contributed by atoms with Gasteiger partial charge in [0, 0.05) is 43.3 Å². The second-order valence-electron chi connectivity index (χ2n) is 18.2. The number of nitrogens with zero attached hydrogens (tertiary/aromatic N) is 2. The summed E-state index contributed by atoms with van der Waals surface area (Å²) in [5.74, 6) is -1.01. The fraction of sp³-hybridized carbons (Fsp3) is 0.289. The minimum Gasteiger partial charge on any atom is -0.505 e.